The number of hydrogen-bond acceptors (Lipinski definition) is 5. The predicted molar refractivity (Wildman–Crippen MR) is 85.8 cm³/mol. The average Bonchev–Trinajstić information content (AvgIpc) is 2.48. The van der Waals surface area contributed by atoms with E-state index in [-0.39, 0.29) is 18.8 Å². The molecule has 1 aromatic rings. The van der Waals surface area contributed by atoms with Gasteiger partial charge in [-0.15, -0.1) is 0 Å². The molecule has 1 aromatic carbocycles. The first-order valence-electron chi connectivity index (χ1n) is 7.55. The van der Waals surface area contributed by atoms with Crippen LogP contribution in [0, 0.1) is 11.3 Å². The van der Waals surface area contributed by atoms with E-state index in [0.717, 1.165) is 12.0 Å². The second-order valence-electron chi connectivity index (χ2n) is 6.37. The fraction of sp³-hybridized carbons (Fsp3) is 0.588. The highest BCUT2D eigenvalue weighted by Crippen LogP contribution is 2.20. The van der Waals surface area contributed by atoms with Crippen LogP contribution in [0.25, 0.3) is 0 Å². The number of nitrogens with zero attached hydrogens (tertiary/aromatic N) is 1. The quantitative estimate of drug-likeness (QED) is 0.679. The van der Waals surface area contributed by atoms with E-state index in [2.05, 4.69) is 11.4 Å². The Morgan fingerprint density at radius 3 is 2.68 bits per heavy atom. The zero-order valence-electron chi connectivity index (χ0n) is 13.6. The van der Waals surface area contributed by atoms with Gasteiger partial charge in [-0.1, -0.05) is 6.07 Å². The van der Waals surface area contributed by atoms with Gasteiger partial charge in [0.2, 0.25) is 0 Å². The van der Waals surface area contributed by atoms with Gasteiger partial charge >= 0.3 is 0 Å². The molecule has 0 heterocycles. The number of rotatable bonds is 8. The van der Waals surface area contributed by atoms with E-state index in [1.807, 2.05) is 26.8 Å². The molecule has 5 nitrogen and oxygen atoms in total. The number of β-amino-alcohol motifs (C(OH)–C–C–N with tert-alkyl or cyclic N) is 1. The highest BCUT2D eigenvalue weighted by molar-refractivity contribution is 5.45. The van der Waals surface area contributed by atoms with Crippen molar-refractivity contribution in [2.75, 3.05) is 19.8 Å². The first-order valence-corrected chi connectivity index (χ1v) is 7.55. The van der Waals surface area contributed by atoms with Crippen molar-refractivity contribution in [3.63, 3.8) is 0 Å². The summed E-state index contributed by atoms with van der Waals surface area (Å²) >= 11 is 0. The van der Waals surface area contributed by atoms with Gasteiger partial charge in [0.05, 0.1) is 5.56 Å². The molecular weight excluding hydrogens is 280 g/mol. The molecule has 0 aliphatic carbocycles. The fourth-order valence-corrected chi connectivity index (χ4v) is 1.90. The van der Waals surface area contributed by atoms with Crippen molar-refractivity contribution in [2.45, 2.75) is 45.3 Å². The maximum Gasteiger partial charge on any atom is 0.137 e. The average molecular weight is 306 g/mol. The molecule has 0 radical (unpaired) electrons. The van der Waals surface area contributed by atoms with Crippen LogP contribution in [0.5, 0.6) is 5.75 Å². The van der Waals surface area contributed by atoms with Crippen molar-refractivity contribution in [1.29, 1.82) is 5.26 Å². The molecular formula is C17H26N2O3. The standard InChI is InChI=1S/C17H26N2O3/c1-17(2,3)19-11-15(21)12-22-16-7-6-13(5-4-8-20)9-14(16)10-18/h6-7,9,15,19-21H,4-5,8,11-12H2,1-3H3/t15-/m1/s1. The Bertz CT molecular complexity index is 504. The SMILES string of the molecule is CC(C)(C)NC[C@@H](O)COc1ccc(CCCO)cc1C#N. The van der Waals surface area contributed by atoms with E-state index >= 15 is 0 Å². The molecule has 0 saturated heterocycles. The molecule has 122 valence electrons. The van der Waals surface area contributed by atoms with Crippen molar-refractivity contribution in [1.82, 2.24) is 5.32 Å². The Kier molecular flexibility index (Phi) is 7.33. The van der Waals surface area contributed by atoms with Crippen LogP contribution in [-0.2, 0) is 6.42 Å². The highest BCUT2D eigenvalue weighted by atomic mass is 16.5. The molecule has 1 atom stereocenters. The third-order valence-corrected chi connectivity index (χ3v) is 3.09. The van der Waals surface area contributed by atoms with E-state index in [0.29, 0.717) is 24.3 Å². The third-order valence-electron chi connectivity index (χ3n) is 3.09. The van der Waals surface area contributed by atoms with Crippen LogP contribution in [0.4, 0.5) is 0 Å². The number of hydrogen-bond donors (Lipinski definition) is 3. The summed E-state index contributed by atoms with van der Waals surface area (Å²) in [5.74, 6) is 0.477. The zero-order valence-corrected chi connectivity index (χ0v) is 13.6. The van der Waals surface area contributed by atoms with E-state index in [1.54, 1.807) is 12.1 Å². The van der Waals surface area contributed by atoms with E-state index < -0.39 is 6.10 Å². The molecule has 0 aromatic heterocycles. The van der Waals surface area contributed by atoms with Crippen LogP contribution in [0.3, 0.4) is 0 Å². The Morgan fingerprint density at radius 2 is 2.09 bits per heavy atom. The maximum atomic E-state index is 9.91. The lowest BCUT2D eigenvalue weighted by atomic mass is 10.1. The van der Waals surface area contributed by atoms with Crippen LogP contribution in [0.15, 0.2) is 18.2 Å². The summed E-state index contributed by atoms with van der Waals surface area (Å²) in [5.41, 5.74) is 1.38. The van der Waals surface area contributed by atoms with Gasteiger partial charge in [-0.3, -0.25) is 0 Å². The highest BCUT2D eigenvalue weighted by Gasteiger charge is 2.13. The normalized spacial score (nSPS) is 12.7. The zero-order chi connectivity index (χ0) is 16.6. The summed E-state index contributed by atoms with van der Waals surface area (Å²) < 4.78 is 5.55. The van der Waals surface area contributed by atoms with Crippen LogP contribution < -0.4 is 10.1 Å². The van der Waals surface area contributed by atoms with Crippen molar-refractivity contribution >= 4 is 0 Å². The fourth-order valence-electron chi connectivity index (χ4n) is 1.90. The molecule has 0 unspecified atom stereocenters. The lowest BCUT2D eigenvalue weighted by Gasteiger charge is -2.23. The molecule has 0 aliphatic heterocycles. The third kappa shape index (κ3) is 6.90. The first kappa shape index (κ1) is 18.4. The topological polar surface area (TPSA) is 85.5 Å². The molecule has 5 heteroatoms. The Morgan fingerprint density at radius 1 is 1.36 bits per heavy atom. The van der Waals surface area contributed by atoms with Gasteiger partial charge < -0.3 is 20.3 Å². The molecule has 0 amide bonds. The Labute approximate surface area is 132 Å². The van der Waals surface area contributed by atoms with E-state index in [9.17, 15) is 10.4 Å². The van der Waals surface area contributed by atoms with Gasteiger partial charge in [0.1, 0.15) is 24.5 Å². The number of nitrogens with one attached hydrogen (secondary N) is 1. The number of aliphatic hydroxyl groups excluding tert-OH is 2. The number of benzene rings is 1. The number of ether oxygens (including phenoxy) is 1. The minimum atomic E-state index is -0.639. The summed E-state index contributed by atoms with van der Waals surface area (Å²) in [5, 5.41) is 31.1. The Balaban J connectivity index is 2.56. The molecule has 0 bridgehead atoms. The summed E-state index contributed by atoms with van der Waals surface area (Å²) in [6, 6.07) is 7.50. The van der Waals surface area contributed by atoms with Gasteiger partial charge in [-0.25, -0.2) is 0 Å². The first-order chi connectivity index (χ1) is 10.4. The molecule has 0 aliphatic rings. The van der Waals surface area contributed by atoms with Crippen molar-refractivity contribution in [2.24, 2.45) is 0 Å². The summed E-state index contributed by atoms with van der Waals surface area (Å²) in [4.78, 5) is 0. The number of aryl methyl sites for hydroxylation is 1. The minimum Gasteiger partial charge on any atom is -0.489 e. The lowest BCUT2D eigenvalue weighted by Crippen LogP contribution is -2.42. The van der Waals surface area contributed by atoms with Crippen molar-refractivity contribution in [3.05, 3.63) is 29.3 Å². The van der Waals surface area contributed by atoms with Gasteiger partial charge in [0.25, 0.3) is 0 Å². The second-order valence-corrected chi connectivity index (χ2v) is 6.37. The molecule has 1 rings (SSSR count). The molecule has 3 N–H and O–H groups in total. The second kappa shape index (κ2) is 8.74. The summed E-state index contributed by atoms with van der Waals surface area (Å²) in [6.45, 7) is 6.78. The van der Waals surface area contributed by atoms with Crippen LogP contribution in [0.1, 0.15) is 38.3 Å². The number of nitriles is 1. The lowest BCUT2D eigenvalue weighted by molar-refractivity contribution is 0.0999. The van der Waals surface area contributed by atoms with E-state index in [1.165, 1.54) is 0 Å². The molecule has 0 fully saturated rings. The van der Waals surface area contributed by atoms with Crippen LogP contribution in [0.2, 0.25) is 0 Å². The largest absolute Gasteiger partial charge is 0.489 e. The monoisotopic (exact) mass is 306 g/mol. The maximum absolute atomic E-state index is 9.91. The van der Waals surface area contributed by atoms with Crippen LogP contribution >= 0.6 is 0 Å². The molecule has 22 heavy (non-hydrogen) atoms. The van der Waals surface area contributed by atoms with Gasteiger partial charge in [0.15, 0.2) is 0 Å². The van der Waals surface area contributed by atoms with Gasteiger partial charge in [-0.2, -0.15) is 5.26 Å². The summed E-state index contributed by atoms with van der Waals surface area (Å²) in [7, 11) is 0. The molecule has 0 spiro atoms. The summed E-state index contributed by atoms with van der Waals surface area (Å²) in [6.07, 6.45) is 0.756. The van der Waals surface area contributed by atoms with Gasteiger partial charge in [-0.05, 0) is 51.3 Å². The minimum absolute atomic E-state index is 0.0624. The van der Waals surface area contributed by atoms with Crippen molar-refractivity contribution in [3.8, 4) is 11.8 Å². The smallest absolute Gasteiger partial charge is 0.137 e. The molecule has 0 saturated carbocycles. The van der Waals surface area contributed by atoms with Crippen molar-refractivity contribution < 1.29 is 14.9 Å². The number of aliphatic hydroxyl groups is 2. The van der Waals surface area contributed by atoms with Crippen LogP contribution in [-0.4, -0.2) is 41.6 Å². The Hall–Kier alpha value is -1.61. The predicted octanol–water partition coefficient (Wildman–Crippen LogP) is 1.61. The van der Waals surface area contributed by atoms with Gasteiger partial charge in [0, 0.05) is 18.7 Å². The van der Waals surface area contributed by atoms with E-state index in [4.69, 9.17) is 9.84 Å².